The third-order valence-electron chi connectivity index (χ3n) is 5.46. The molecule has 7 nitrogen and oxygen atoms in total. The largest absolute Gasteiger partial charge is 0.361 e. The van der Waals surface area contributed by atoms with Crippen molar-refractivity contribution < 1.29 is 9.32 Å². The molecule has 1 amide bonds. The van der Waals surface area contributed by atoms with Gasteiger partial charge in [0.15, 0.2) is 5.69 Å². The summed E-state index contributed by atoms with van der Waals surface area (Å²) in [5, 5.41) is 7.34. The summed E-state index contributed by atoms with van der Waals surface area (Å²) in [5.41, 5.74) is 0.655. The van der Waals surface area contributed by atoms with Crippen molar-refractivity contribution in [1.82, 2.24) is 24.9 Å². The lowest BCUT2D eigenvalue weighted by Crippen LogP contribution is -2.39. The van der Waals surface area contributed by atoms with E-state index in [0.29, 0.717) is 18.0 Å². The van der Waals surface area contributed by atoms with Gasteiger partial charge in [0.2, 0.25) is 0 Å². The van der Waals surface area contributed by atoms with E-state index in [0.717, 1.165) is 38.2 Å². The molecule has 1 saturated heterocycles. The summed E-state index contributed by atoms with van der Waals surface area (Å²) in [6.45, 7) is 4.38. The maximum Gasteiger partial charge on any atom is 0.276 e. The summed E-state index contributed by atoms with van der Waals surface area (Å²) >= 11 is 0. The number of amides is 1. The normalized spacial score (nSPS) is 21.8. The predicted molar refractivity (Wildman–Crippen MR) is 87.3 cm³/mol. The highest BCUT2D eigenvalue weighted by Gasteiger charge is 2.58. The van der Waals surface area contributed by atoms with Gasteiger partial charge in [-0.2, -0.15) is 0 Å². The van der Waals surface area contributed by atoms with Gasteiger partial charge in [-0.15, -0.1) is 0 Å². The summed E-state index contributed by atoms with van der Waals surface area (Å²) in [6, 6.07) is 1.98. The lowest BCUT2D eigenvalue weighted by Gasteiger charge is -2.29. The summed E-state index contributed by atoms with van der Waals surface area (Å²) in [7, 11) is 1.96. The fraction of sp³-hybridized carbons (Fsp3) is 0.588. The maximum absolute atomic E-state index is 13.1. The highest BCUT2D eigenvalue weighted by atomic mass is 16.5. The highest BCUT2D eigenvalue weighted by Crippen LogP contribution is 2.56. The van der Waals surface area contributed by atoms with Gasteiger partial charge in [0.1, 0.15) is 11.6 Å². The van der Waals surface area contributed by atoms with Crippen LogP contribution in [0.2, 0.25) is 0 Å². The number of piperidine rings is 1. The Balaban J connectivity index is 1.60. The quantitative estimate of drug-likeness (QED) is 0.920. The Kier molecular flexibility index (Phi) is 3.68. The number of carbonyl (C=O) groups is 1. The molecule has 1 aliphatic carbocycles. The molecule has 7 heteroatoms. The molecule has 0 bridgehead atoms. The zero-order chi connectivity index (χ0) is 16.7. The SMILES string of the molecule is Cc1cc(C(=O)N(Cc2nccn2C)[C@@H]2CC23CCNCC3)no1. The predicted octanol–water partition coefficient (Wildman–Crippen LogP) is 1.50. The van der Waals surface area contributed by atoms with E-state index in [2.05, 4.69) is 15.5 Å². The number of imidazole rings is 1. The molecule has 2 aromatic rings. The van der Waals surface area contributed by atoms with E-state index in [1.54, 1.807) is 19.2 Å². The Morgan fingerprint density at radius 2 is 2.29 bits per heavy atom. The summed E-state index contributed by atoms with van der Waals surface area (Å²) in [5.74, 6) is 1.48. The smallest absolute Gasteiger partial charge is 0.276 e. The van der Waals surface area contributed by atoms with Crippen LogP contribution in [0.15, 0.2) is 23.0 Å². The first kappa shape index (κ1) is 15.4. The van der Waals surface area contributed by atoms with Crippen LogP contribution in [0, 0.1) is 12.3 Å². The first-order valence-corrected chi connectivity index (χ1v) is 8.50. The van der Waals surface area contributed by atoms with Crippen LogP contribution in [-0.2, 0) is 13.6 Å². The minimum atomic E-state index is -0.0599. The molecule has 128 valence electrons. The second kappa shape index (κ2) is 5.73. The lowest BCUT2D eigenvalue weighted by atomic mass is 9.93. The molecule has 24 heavy (non-hydrogen) atoms. The van der Waals surface area contributed by atoms with Crippen LogP contribution < -0.4 is 5.32 Å². The summed E-state index contributed by atoms with van der Waals surface area (Å²) < 4.78 is 7.07. The minimum absolute atomic E-state index is 0.0599. The van der Waals surface area contributed by atoms with Gasteiger partial charge < -0.3 is 19.3 Å². The van der Waals surface area contributed by atoms with Crippen molar-refractivity contribution in [1.29, 1.82) is 0 Å². The van der Waals surface area contributed by atoms with Gasteiger partial charge in [0.25, 0.3) is 5.91 Å². The van der Waals surface area contributed by atoms with Crippen molar-refractivity contribution in [3.63, 3.8) is 0 Å². The number of aryl methyl sites for hydroxylation is 2. The van der Waals surface area contributed by atoms with Crippen molar-refractivity contribution in [2.24, 2.45) is 12.5 Å². The number of nitrogens with zero attached hydrogens (tertiary/aromatic N) is 4. The number of rotatable bonds is 4. The van der Waals surface area contributed by atoms with E-state index >= 15 is 0 Å². The Hall–Kier alpha value is -2.15. The third kappa shape index (κ3) is 2.62. The molecule has 1 N–H and O–H groups in total. The zero-order valence-corrected chi connectivity index (χ0v) is 14.2. The summed E-state index contributed by atoms with van der Waals surface area (Å²) in [6.07, 6.45) is 7.00. The third-order valence-corrected chi connectivity index (χ3v) is 5.46. The monoisotopic (exact) mass is 329 g/mol. The molecular weight excluding hydrogens is 306 g/mol. The number of nitrogens with one attached hydrogen (secondary N) is 1. The van der Waals surface area contributed by atoms with Crippen molar-refractivity contribution in [2.75, 3.05) is 13.1 Å². The number of carbonyl (C=O) groups excluding carboxylic acids is 1. The van der Waals surface area contributed by atoms with E-state index in [1.807, 2.05) is 22.7 Å². The molecule has 0 unspecified atom stereocenters. The van der Waals surface area contributed by atoms with Gasteiger partial charge in [-0.3, -0.25) is 4.79 Å². The topological polar surface area (TPSA) is 76.2 Å². The molecule has 1 aliphatic heterocycles. The molecule has 2 aromatic heterocycles. The molecule has 2 aliphatic rings. The van der Waals surface area contributed by atoms with Crippen LogP contribution >= 0.6 is 0 Å². The summed E-state index contributed by atoms with van der Waals surface area (Å²) in [4.78, 5) is 19.4. The molecule has 1 saturated carbocycles. The van der Waals surface area contributed by atoms with Crippen molar-refractivity contribution in [3.05, 3.63) is 35.7 Å². The van der Waals surface area contributed by atoms with Crippen molar-refractivity contribution in [3.8, 4) is 0 Å². The minimum Gasteiger partial charge on any atom is -0.361 e. The molecule has 3 heterocycles. The highest BCUT2D eigenvalue weighted by molar-refractivity contribution is 5.92. The second-order valence-corrected chi connectivity index (χ2v) is 7.04. The van der Waals surface area contributed by atoms with Crippen LogP contribution in [-0.4, -0.2) is 44.6 Å². The van der Waals surface area contributed by atoms with Gasteiger partial charge in [-0.05, 0) is 44.7 Å². The van der Waals surface area contributed by atoms with Gasteiger partial charge in [-0.25, -0.2) is 4.98 Å². The molecule has 1 spiro atoms. The Morgan fingerprint density at radius 3 is 2.92 bits per heavy atom. The Labute approximate surface area is 141 Å². The van der Waals surface area contributed by atoms with Crippen molar-refractivity contribution in [2.45, 2.75) is 38.8 Å². The first-order chi connectivity index (χ1) is 11.6. The number of hydrogen-bond donors (Lipinski definition) is 1. The van der Waals surface area contributed by atoms with Gasteiger partial charge >= 0.3 is 0 Å². The fourth-order valence-electron chi connectivity index (χ4n) is 3.87. The molecule has 0 aromatic carbocycles. The number of aromatic nitrogens is 3. The van der Waals surface area contributed by atoms with Crippen molar-refractivity contribution >= 4 is 5.91 Å². The van der Waals surface area contributed by atoms with Crippen LogP contribution in [0.5, 0.6) is 0 Å². The number of hydrogen-bond acceptors (Lipinski definition) is 5. The standard InChI is InChI=1S/C17H23N5O2/c1-12-9-13(20-24-12)16(23)22(11-15-19-7-8-21(15)2)14-10-17(14)3-5-18-6-4-17/h7-9,14,18H,3-6,10-11H2,1-2H3/t14-/m1/s1. The average Bonchev–Trinajstić information content (AvgIpc) is 2.91. The zero-order valence-electron chi connectivity index (χ0n) is 14.2. The van der Waals surface area contributed by atoms with Crippen LogP contribution in [0.25, 0.3) is 0 Å². The van der Waals surface area contributed by atoms with Crippen LogP contribution in [0.1, 0.15) is 41.3 Å². The van der Waals surface area contributed by atoms with E-state index in [4.69, 9.17) is 4.52 Å². The average molecular weight is 329 g/mol. The molecule has 0 radical (unpaired) electrons. The molecular formula is C17H23N5O2. The fourth-order valence-corrected chi connectivity index (χ4v) is 3.87. The van der Waals surface area contributed by atoms with Gasteiger partial charge in [0.05, 0.1) is 6.54 Å². The lowest BCUT2D eigenvalue weighted by molar-refractivity contribution is 0.0675. The van der Waals surface area contributed by atoms with E-state index < -0.39 is 0 Å². The maximum atomic E-state index is 13.1. The van der Waals surface area contributed by atoms with E-state index in [1.165, 1.54) is 0 Å². The molecule has 2 fully saturated rings. The van der Waals surface area contributed by atoms with E-state index in [9.17, 15) is 4.79 Å². The van der Waals surface area contributed by atoms with Crippen LogP contribution in [0.3, 0.4) is 0 Å². The van der Waals surface area contributed by atoms with Gasteiger partial charge in [0, 0.05) is 31.5 Å². The molecule has 1 atom stereocenters. The van der Waals surface area contributed by atoms with Gasteiger partial charge in [-0.1, -0.05) is 5.16 Å². The Morgan fingerprint density at radius 1 is 1.50 bits per heavy atom. The Bertz CT molecular complexity index is 744. The second-order valence-electron chi connectivity index (χ2n) is 7.04. The van der Waals surface area contributed by atoms with Crippen LogP contribution in [0.4, 0.5) is 0 Å². The molecule has 4 rings (SSSR count). The van der Waals surface area contributed by atoms with E-state index in [-0.39, 0.29) is 17.4 Å². The first-order valence-electron chi connectivity index (χ1n) is 8.50.